The van der Waals surface area contributed by atoms with Crippen molar-refractivity contribution in [3.05, 3.63) is 29.8 Å². The fraction of sp³-hybridized carbons (Fsp3) is 0.400. The van der Waals surface area contributed by atoms with Gasteiger partial charge in [0.05, 0.1) is 0 Å². The molecule has 3 amide bonds. The number of hydrogen-bond acceptors (Lipinski definition) is 3. The minimum absolute atomic E-state index is 0.176. The summed E-state index contributed by atoms with van der Waals surface area (Å²) >= 11 is 0. The molecule has 0 spiro atoms. The number of amides is 3. The van der Waals surface area contributed by atoms with Gasteiger partial charge in [0.1, 0.15) is 6.04 Å². The lowest BCUT2D eigenvalue weighted by Crippen LogP contribution is -2.44. The molecule has 1 aromatic rings. The first-order valence-corrected chi connectivity index (χ1v) is 6.93. The van der Waals surface area contributed by atoms with E-state index in [1.54, 1.807) is 24.3 Å². The Kier molecular flexibility index (Phi) is 4.57. The molecule has 0 heterocycles. The Morgan fingerprint density at radius 3 is 2.33 bits per heavy atom. The van der Waals surface area contributed by atoms with Crippen LogP contribution in [0.25, 0.3) is 0 Å². The maximum Gasteiger partial charge on any atom is 0.251 e. The molecule has 1 aliphatic carbocycles. The van der Waals surface area contributed by atoms with Gasteiger partial charge in [0, 0.05) is 18.2 Å². The van der Waals surface area contributed by atoms with Gasteiger partial charge in [-0.3, -0.25) is 14.4 Å². The Bertz CT molecular complexity index is 550. The zero-order valence-electron chi connectivity index (χ0n) is 11.9. The standard InChI is InChI=1S/C15H19N3O3/c1-9(19)17-12-6-4-11(5-7-12)15(21)18-13(14(16)20)8-10-2-3-10/h4-7,10,13H,2-3,8H2,1H3,(H2,16,20)(H,17,19)(H,18,21)/t13-/m0/s1. The first-order valence-electron chi connectivity index (χ1n) is 6.93. The van der Waals surface area contributed by atoms with Gasteiger partial charge in [-0.05, 0) is 36.6 Å². The molecule has 1 atom stereocenters. The molecule has 6 nitrogen and oxygen atoms in total. The maximum atomic E-state index is 12.1. The van der Waals surface area contributed by atoms with E-state index in [1.807, 2.05) is 0 Å². The third-order valence-corrected chi connectivity index (χ3v) is 3.38. The summed E-state index contributed by atoms with van der Waals surface area (Å²) in [7, 11) is 0. The first kappa shape index (κ1) is 15.0. The van der Waals surface area contributed by atoms with E-state index < -0.39 is 11.9 Å². The van der Waals surface area contributed by atoms with Gasteiger partial charge in [-0.15, -0.1) is 0 Å². The molecule has 0 saturated heterocycles. The summed E-state index contributed by atoms with van der Waals surface area (Å²) in [5.74, 6) is -0.533. The number of hydrogen-bond donors (Lipinski definition) is 3. The quantitative estimate of drug-likeness (QED) is 0.729. The van der Waals surface area contributed by atoms with Gasteiger partial charge in [-0.25, -0.2) is 0 Å². The average molecular weight is 289 g/mol. The second kappa shape index (κ2) is 6.39. The van der Waals surface area contributed by atoms with Crippen LogP contribution in [-0.4, -0.2) is 23.8 Å². The zero-order valence-corrected chi connectivity index (χ0v) is 11.9. The largest absolute Gasteiger partial charge is 0.368 e. The van der Waals surface area contributed by atoms with Crippen LogP contribution in [0.2, 0.25) is 0 Å². The lowest BCUT2D eigenvalue weighted by Gasteiger charge is -2.15. The number of carbonyl (C=O) groups is 3. The number of anilines is 1. The fourth-order valence-corrected chi connectivity index (χ4v) is 2.08. The van der Waals surface area contributed by atoms with Crippen molar-refractivity contribution in [1.29, 1.82) is 0 Å². The van der Waals surface area contributed by atoms with E-state index in [-0.39, 0.29) is 11.8 Å². The van der Waals surface area contributed by atoms with E-state index in [4.69, 9.17) is 5.73 Å². The van der Waals surface area contributed by atoms with Crippen molar-refractivity contribution >= 4 is 23.4 Å². The van der Waals surface area contributed by atoms with Crippen LogP contribution in [0.4, 0.5) is 5.69 Å². The maximum absolute atomic E-state index is 12.1. The fourth-order valence-electron chi connectivity index (χ4n) is 2.08. The summed E-state index contributed by atoms with van der Waals surface area (Å²) in [5, 5.41) is 5.28. The topological polar surface area (TPSA) is 101 Å². The summed E-state index contributed by atoms with van der Waals surface area (Å²) in [6, 6.07) is 5.83. The molecular weight excluding hydrogens is 270 g/mol. The Balaban J connectivity index is 1.97. The molecule has 1 aromatic carbocycles. The summed E-state index contributed by atoms with van der Waals surface area (Å²) in [6.07, 6.45) is 2.78. The van der Waals surface area contributed by atoms with Crippen molar-refractivity contribution in [3.8, 4) is 0 Å². The van der Waals surface area contributed by atoms with Gasteiger partial charge in [0.15, 0.2) is 0 Å². The van der Waals surface area contributed by atoms with E-state index in [1.165, 1.54) is 6.92 Å². The molecule has 21 heavy (non-hydrogen) atoms. The lowest BCUT2D eigenvalue weighted by atomic mass is 10.1. The Hall–Kier alpha value is -2.37. The number of nitrogens with one attached hydrogen (secondary N) is 2. The summed E-state index contributed by atoms with van der Waals surface area (Å²) in [5.41, 5.74) is 6.35. The van der Waals surface area contributed by atoms with Crippen LogP contribution in [0.1, 0.15) is 36.5 Å². The normalized spacial score (nSPS) is 15.1. The van der Waals surface area contributed by atoms with E-state index in [0.29, 0.717) is 23.6 Å². The molecule has 112 valence electrons. The Morgan fingerprint density at radius 1 is 1.24 bits per heavy atom. The molecular formula is C15H19N3O3. The second-order valence-corrected chi connectivity index (χ2v) is 5.37. The van der Waals surface area contributed by atoms with Crippen LogP contribution in [-0.2, 0) is 9.59 Å². The molecule has 0 unspecified atom stereocenters. The van der Waals surface area contributed by atoms with Crippen LogP contribution in [0, 0.1) is 5.92 Å². The SMILES string of the molecule is CC(=O)Nc1ccc(C(=O)N[C@@H](CC2CC2)C(N)=O)cc1. The number of nitrogens with two attached hydrogens (primary N) is 1. The summed E-state index contributed by atoms with van der Waals surface area (Å²) in [4.78, 5) is 34.4. The number of benzene rings is 1. The van der Waals surface area contributed by atoms with Crippen molar-refractivity contribution in [2.24, 2.45) is 11.7 Å². The van der Waals surface area contributed by atoms with Crippen molar-refractivity contribution in [3.63, 3.8) is 0 Å². The van der Waals surface area contributed by atoms with Crippen LogP contribution in [0.3, 0.4) is 0 Å². The third kappa shape index (κ3) is 4.59. The highest BCUT2D eigenvalue weighted by Crippen LogP contribution is 2.33. The summed E-state index contributed by atoms with van der Waals surface area (Å²) < 4.78 is 0. The van der Waals surface area contributed by atoms with Crippen molar-refractivity contribution in [2.45, 2.75) is 32.2 Å². The van der Waals surface area contributed by atoms with E-state index in [2.05, 4.69) is 10.6 Å². The van der Waals surface area contributed by atoms with Crippen LogP contribution < -0.4 is 16.4 Å². The lowest BCUT2D eigenvalue weighted by molar-refractivity contribution is -0.120. The zero-order chi connectivity index (χ0) is 15.4. The Morgan fingerprint density at radius 2 is 1.86 bits per heavy atom. The number of primary amides is 1. The smallest absolute Gasteiger partial charge is 0.251 e. The minimum atomic E-state index is -0.625. The molecule has 6 heteroatoms. The van der Waals surface area contributed by atoms with E-state index in [9.17, 15) is 14.4 Å². The molecule has 4 N–H and O–H groups in total. The number of carbonyl (C=O) groups excluding carboxylic acids is 3. The average Bonchev–Trinajstić information content (AvgIpc) is 3.22. The monoisotopic (exact) mass is 289 g/mol. The van der Waals surface area contributed by atoms with Gasteiger partial charge in [0.25, 0.3) is 5.91 Å². The van der Waals surface area contributed by atoms with Gasteiger partial charge in [-0.1, -0.05) is 12.8 Å². The first-order chi connectivity index (χ1) is 9.95. The van der Waals surface area contributed by atoms with E-state index >= 15 is 0 Å². The molecule has 1 aliphatic rings. The second-order valence-electron chi connectivity index (χ2n) is 5.37. The number of rotatable bonds is 6. The van der Waals surface area contributed by atoms with Gasteiger partial charge < -0.3 is 16.4 Å². The molecule has 0 bridgehead atoms. The van der Waals surface area contributed by atoms with E-state index in [0.717, 1.165) is 12.8 Å². The Labute approximate surface area is 123 Å². The third-order valence-electron chi connectivity index (χ3n) is 3.38. The highest BCUT2D eigenvalue weighted by Gasteiger charge is 2.29. The van der Waals surface area contributed by atoms with Gasteiger partial charge in [-0.2, -0.15) is 0 Å². The highest BCUT2D eigenvalue weighted by molar-refractivity contribution is 5.98. The molecule has 2 rings (SSSR count). The molecule has 0 radical (unpaired) electrons. The molecule has 0 aliphatic heterocycles. The minimum Gasteiger partial charge on any atom is -0.368 e. The van der Waals surface area contributed by atoms with Gasteiger partial charge >= 0.3 is 0 Å². The van der Waals surface area contributed by atoms with Crippen molar-refractivity contribution in [1.82, 2.24) is 5.32 Å². The van der Waals surface area contributed by atoms with Crippen LogP contribution >= 0.6 is 0 Å². The predicted molar refractivity (Wildman–Crippen MR) is 78.5 cm³/mol. The van der Waals surface area contributed by atoms with Crippen LogP contribution in [0.15, 0.2) is 24.3 Å². The van der Waals surface area contributed by atoms with Crippen LogP contribution in [0.5, 0.6) is 0 Å². The molecule has 1 saturated carbocycles. The van der Waals surface area contributed by atoms with Crippen molar-refractivity contribution in [2.75, 3.05) is 5.32 Å². The molecule has 1 fully saturated rings. The predicted octanol–water partition coefficient (Wildman–Crippen LogP) is 1.03. The summed E-state index contributed by atoms with van der Waals surface area (Å²) in [6.45, 7) is 1.41. The van der Waals surface area contributed by atoms with Gasteiger partial charge in [0.2, 0.25) is 11.8 Å². The molecule has 0 aromatic heterocycles. The van der Waals surface area contributed by atoms with Crippen molar-refractivity contribution < 1.29 is 14.4 Å². The highest BCUT2D eigenvalue weighted by atomic mass is 16.2.